The van der Waals surface area contributed by atoms with E-state index in [-0.39, 0.29) is 5.91 Å². The number of methoxy groups -OCH3 is 2. The number of nitrogens with one attached hydrogen (secondary N) is 1. The molecule has 0 saturated heterocycles. The molecule has 0 spiro atoms. The maximum absolute atomic E-state index is 12.0. The number of amides is 1. The van der Waals surface area contributed by atoms with Crippen molar-refractivity contribution in [1.29, 1.82) is 0 Å². The van der Waals surface area contributed by atoms with Crippen molar-refractivity contribution in [3.63, 3.8) is 0 Å². The van der Waals surface area contributed by atoms with Crippen LogP contribution < -0.4 is 31.0 Å². The summed E-state index contributed by atoms with van der Waals surface area (Å²) in [5.74, 6) is 1.48. The van der Waals surface area contributed by atoms with Crippen LogP contribution in [0.1, 0.15) is 25.0 Å². The molecule has 1 amide bonds. The lowest BCUT2D eigenvalue weighted by Gasteiger charge is -2.16. The maximum Gasteiger partial charge on any atom is 0.241 e. The Kier molecular flexibility index (Phi) is 7.28. The molecule has 0 aliphatic carbocycles. The third kappa shape index (κ3) is 4.75. The van der Waals surface area contributed by atoms with Crippen LogP contribution >= 0.6 is 0 Å². The quantitative estimate of drug-likeness (QED) is 0.645. The molecule has 0 saturated carbocycles. The molecule has 2 aromatic rings. The molecule has 2 aromatic carbocycles. The SMILES string of the molecule is CCOc1cc(C(=CN)c2ccc(OC)c(NC(=O)[C@H](C)N)c2)ccc1OC. The highest BCUT2D eigenvalue weighted by Crippen LogP contribution is 2.35. The summed E-state index contributed by atoms with van der Waals surface area (Å²) in [5.41, 5.74) is 14.5. The van der Waals surface area contributed by atoms with Crippen LogP contribution in [-0.4, -0.2) is 32.8 Å². The summed E-state index contributed by atoms with van der Waals surface area (Å²) >= 11 is 0. The summed E-state index contributed by atoms with van der Waals surface area (Å²) in [4.78, 5) is 12.0. The molecule has 1 atom stereocenters. The van der Waals surface area contributed by atoms with Gasteiger partial charge >= 0.3 is 0 Å². The minimum Gasteiger partial charge on any atom is -0.495 e. The van der Waals surface area contributed by atoms with Gasteiger partial charge < -0.3 is 31.0 Å². The van der Waals surface area contributed by atoms with Gasteiger partial charge in [-0.15, -0.1) is 0 Å². The first-order chi connectivity index (χ1) is 13.4. The van der Waals surface area contributed by atoms with Crippen LogP contribution in [0.2, 0.25) is 0 Å². The van der Waals surface area contributed by atoms with Crippen molar-refractivity contribution in [1.82, 2.24) is 0 Å². The van der Waals surface area contributed by atoms with Gasteiger partial charge in [-0.3, -0.25) is 4.79 Å². The van der Waals surface area contributed by atoms with Crippen molar-refractivity contribution in [2.45, 2.75) is 19.9 Å². The first-order valence-electron chi connectivity index (χ1n) is 8.93. The fraction of sp³-hybridized carbons (Fsp3) is 0.286. The van der Waals surface area contributed by atoms with Gasteiger partial charge in [0.25, 0.3) is 0 Å². The second-order valence-electron chi connectivity index (χ2n) is 6.07. The molecule has 0 aliphatic rings. The highest BCUT2D eigenvalue weighted by molar-refractivity contribution is 5.96. The molecular weight excluding hydrogens is 358 g/mol. The topological polar surface area (TPSA) is 109 Å². The molecule has 0 fully saturated rings. The summed E-state index contributed by atoms with van der Waals surface area (Å²) in [5, 5.41) is 2.78. The Balaban J connectivity index is 2.47. The Hall–Kier alpha value is -3.19. The molecule has 2 rings (SSSR count). The molecular formula is C21H27N3O4. The second kappa shape index (κ2) is 9.66. The average molecular weight is 385 g/mol. The molecule has 0 aromatic heterocycles. The van der Waals surface area contributed by atoms with Crippen molar-refractivity contribution in [3.05, 3.63) is 53.7 Å². The van der Waals surface area contributed by atoms with Gasteiger partial charge in [0.2, 0.25) is 5.91 Å². The normalized spacial score (nSPS) is 12.2. The van der Waals surface area contributed by atoms with E-state index < -0.39 is 6.04 Å². The number of ether oxygens (including phenoxy) is 3. The number of carbonyl (C=O) groups is 1. The minimum atomic E-state index is -0.645. The Morgan fingerprint density at radius 2 is 1.68 bits per heavy atom. The van der Waals surface area contributed by atoms with Gasteiger partial charge in [0.05, 0.1) is 32.6 Å². The molecule has 0 radical (unpaired) electrons. The van der Waals surface area contributed by atoms with Gasteiger partial charge in [-0.1, -0.05) is 12.1 Å². The maximum atomic E-state index is 12.0. The fourth-order valence-electron chi connectivity index (χ4n) is 2.69. The van der Waals surface area contributed by atoms with Gasteiger partial charge in [-0.2, -0.15) is 0 Å². The van der Waals surface area contributed by atoms with Crippen LogP contribution in [0.4, 0.5) is 5.69 Å². The lowest BCUT2D eigenvalue weighted by molar-refractivity contribution is -0.117. The lowest BCUT2D eigenvalue weighted by Crippen LogP contribution is -2.32. The number of hydrogen-bond acceptors (Lipinski definition) is 6. The van der Waals surface area contributed by atoms with Crippen LogP contribution in [0.3, 0.4) is 0 Å². The van der Waals surface area contributed by atoms with E-state index in [0.717, 1.165) is 16.7 Å². The Labute approximate surface area is 165 Å². The smallest absolute Gasteiger partial charge is 0.241 e. The van der Waals surface area contributed by atoms with Crippen molar-refractivity contribution in [3.8, 4) is 17.2 Å². The van der Waals surface area contributed by atoms with Gasteiger partial charge in [0.15, 0.2) is 11.5 Å². The molecule has 7 heteroatoms. The van der Waals surface area contributed by atoms with E-state index in [1.54, 1.807) is 26.2 Å². The van der Waals surface area contributed by atoms with Crippen LogP contribution in [-0.2, 0) is 4.79 Å². The number of benzene rings is 2. The van der Waals surface area contributed by atoms with E-state index >= 15 is 0 Å². The lowest BCUT2D eigenvalue weighted by atomic mass is 9.97. The third-order valence-electron chi connectivity index (χ3n) is 4.12. The minimum absolute atomic E-state index is 0.309. The zero-order valence-corrected chi connectivity index (χ0v) is 16.6. The number of hydrogen-bond donors (Lipinski definition) is 3. The predicted molar refractivity (Wildman–Crippen MR) is 111 cm³/mol. The Morgan fingerprint density at radius 3 is 2.21 bits per heavy atom. The zero-order chi connectivity index (χ0) is 20.7. The summed E-state index contributed by atoms with van der Waals surface area (Å²) in [6, 6.07) is 10.4. The molecule has 0 unspecified atom stereocenters. The summed E-state index contributed by atoms with van der Waals surface area (Å²) in [7, 11) is 3.13. The average Bonchev–Trinajstić information content (AvgIpc) is 2.69. The molecule has 0 bridgehead atoms. The highest BCUT2D eigenvalue weighted by atomic mass is 16.5. The van der Waals surface area contributed by atoms with E-state index in [4.69, 9.17) is 25.7 Å². The summed E-state index contributed by atoms with van der Waals surface area (Å²) in [6.07, 6.45) is 1.51. The van der Waals surface area contributed by atoms with Gasteiger partial charge in [-0.25, -0.2) is 0 Å². The Morgan fingerprint density at radius 1 is 1.07 bits per heavy atom. The van der Waals surface area contributed by atoms with Gasteiger partial charge in [0.1, 0.15) is 5.75 Å². The highest BCUT2D eigenvalue weighted by Gasteiger charge is 2.15. The first kappa shape index (κ1) is 21.1. The van der Waals surface area contributed by atoms with E-state index in [1.165, 1.54) is 13.3 Å². The monoisotopic (exact) mass is 385 g/mol. The summed E-state index contributed by atoms with van der Waals surface area (Å²) < 4.78 is 16.3. The van der Waals surface area contributed by atoms with Crippen molar-refractivity contribution < 1.29 is 19.0 Å². The van der Waals surface area contributed by atoms with Crippen molar-refractivity contribution in [2.24, 2.45) is 11.5 Å². The predicted octanol–water partition coefficient (Wildman–Crippen LogP) is 2.74. The van der Waals surface area contributed by atoms with E-state index in [1.807, 2.05) is 31.2 Å². The van der Waals surface area contributed by atoms with Crippen molar-refractivity contribution in [2.75, 3.05) is 26.1 Å². The van der Waals surface area contributed by atoms with E-state index in [9.17, 15) is 4.79 Å². The third-order valence-corrected chi connectivity index (χ3v) is 4.12. The number of nitrogens with two attached hydrogens (primary N) is 2. The first-order valence-corrected chi connectivity index (χ1v) is 8.93. The fourth-order valence-corrected chi connectivity index (χ4v) is 2.69. The van der Waals surface area contributed by atoms with E-state index in [0.29, 0.717) is 29.5 Å². The molecule has 0 heterocycles. The molecule has 150 valence electrons. The molecule has 28 heavy (non-hydrogen) atoms. The summed E-state index contributed by atoms with van der Waals surface area (Å²) in [6.45, 7) is 4.03. The van der Waals surface area contributed by atoms with Crippen LogP contribution in [0, 0.1) is 0 Å². The Bertz CT molecular complexity index is 863. The molecule has 5 N–H and O–H groups in total. The number of anilines is 1. The number of rotatable bonds is 8. The van der Waals surface area contributed by atoms with Crippen LogP contribution in [0.15, 0.2) is 42.6 Å². The number of carbonyl (C=O) groups excluding carboxylic acids is 1. The molecule has 0 aliphatic heterocycles. The largest absolute Gasteiger partial charge is 0.495 e. The van der Waals surface area contributed by atoms with Crippen LogP contribution in [0.25, 0.3) is 5.57 Å². The van der Waals surface area contributed by atoms with Gasteiger partial charge in [-0.05, 0) is 49.2 Å². The zero-order valence-electron chi connectivity index (χ0n) is 16.6. The van der Waals surface area contributed by atoms with E-state index in [2.05, 4.69) is 5.32 Å². The standard InChI is InChI=1S/C21H27N3O4/c1-5-28-20-11-15(7-9-19(20)27-4)16(12-22)14-6-8-18(26-3)17(10-14)24-21(25)13(2)23/h6-13H,5,22-23H2,1-4H3,(H,24,25)/t13-/m0/s1. The van der Waals surface area contributed by atoms with Crippen LogP contribution in [0.5, 0.6) is 17.2 Å². The van der Waals surface area contributed by atoms with Gasteiger partial charge in [0, 0.05) is 11.8 Å². The second-order valence-corrected chi connectivity index (χ2v) is 6.07. The molecule has 7 nitrogen and oxygen atoms in total. The van der Waals surface area contributed by atoms with Crippen molar-refractivity contribution >= 4 is 17.2 Å².